The second kappa shape index (κ2) is 11.2. The number of hydrogen-bond donors (Lipinski definition) is 1. The molecule has 0 bridgehead atoms. The number of hydrogen-bond acceptors (Lipinski definition) is 3. The molecule has 0 unspecified atom stereocenters. The van der Waals surface area contributed by atoms with Crippen LogP contribution in [0.3, 0.4) is 0 Å². The Hall–Kier alpha value is -2.39. The van der Waals surface area contributed by atoms with Crippen LogP contribution in [0.2, 0.25) is 0 Å². The zero-order valence-corrected chi connectivity index (χ0v) is 21.3. The van der Waals surface area contributed by atoms with Gasteiger partial charge >= 0.3 is 6.09 Å². The predicted molar refractivity (Wildman–Crippen MR) is 137 cm³/mol. The van der Waals surface area contributed by atoms with E-state index in [2.05, 4.69) is 53.8 Å². The van der Waals surface area contributed by atoms with Crippen molar-refractivity contribution >= 4 is 30.5 Å². The zero-order valence-electron chi connectivity index (χ0n) is 20.5. The number of ether oxygens (including phenoxy) is 1. The van der Waals surface area contributed by atoms with Gasteiger partial charge in [-0.2, -0.15) is 0 Å². The van der Waals surface area contributed by atoms with Crippen molar-refractivity contribution < 1.29 is 14.3 Å². The van der Waals surface area contributed by atoms with Crippen molar-refractivity contribution in [1.82, 2.24) is 10.2 Å². The highest BCUT2D eigenvalue weighted by Gasteiger charge is 2.37. The predicted octanol–water partition coefficient (Wildman–Crippen LogP) is 4.66. The number of rotatable bonds is 7. The Kier molecular flexibility index (Phi) is 8.53. The zero-order chi connectivity index (χ0) is 24.0. The molecule has 2 aromatic rings. The van der Waals surface area contributed by atoms with Crippen molar-refractivity contribution in [3.8, 4) is 0 Å². The molecule has 1 N–H and O–H groups in total. The summed E-state index contributed by atoms with van der Waals surface area (Å²) in [7, 11) is -0.589. The summed E-state index contributed by atoms with van der Waals surface area (Å²) in [4.78, 5) is 28.0. The average Bonchev–Trinajstić information content (AvgIpc) is 3.23. The first-order valence-corrected chi connectivity index (χ1v) is 13.4. The Labute approximate surface area is 199 Å². The summed E-state index contributed by atoms with van der Waals surface area (Å²) < 4.78 is 5.42. The van der Waals surface area contributed by atoms with Gasteiger partial charge in [-0.3, -0.25) is 4.79 Å². The molecule has 1 aliphatic rings. The molecule has 0 saturated carbocycles. The third-order valence-electron chi connectivity index (χ3n) is 5.79. The van der Waals surface area contributed by atoms with E-state index >= 15 is 0 Å². The first-order valence-electron chi connectivity index (χ1n) is 11.8. The highest BCUT2D eigenvalue weighted by atomic mass is 31.1. The van der Waals surface area contributed by atoms with E-state index in [9.17, 15) is 9.59 Å². The molecule has 6 heteroatoms. The number of carbonyl (C=O) groups excluding carboxylic acids is 2. The highest BCUT2D eigenvalue weighted by molar-refractivity contribution is 7.73. The summed E-state index contributed by atoms with van der Waals surface area (Å²) in [5.41, 5.74) is -0.605. The highest BCUT2D eigenvalue weighted by Crippen LogP contribution is 2.38. The van der Waals surface area contributed by atoms with Crippen LogP contribution in [0.1, 0.15) is 47.5 Å². The van der Waals surface area contributed by atoms with Crippen LogP contribution < -0.4 is 15.9 Å². The molecular formula is C27H37N2O3P. The van der Waals surface area contributed by atoms with E-state index in [-0.39, 0.29) is 17.9 Å². The van der Waals surface area contributed by atoms with E-state index in [0.717, 1.165) is 25.5 Å². The van der Waals surface area contributed by atoms with Crippen LogP contribution in [-0.4, -0.2) is 47.3 Å². The smallest absolute Gasteiger partial charge is 0.408 e. The summed E-state index contributed by atoms with van der Waals surface area (Å²) in [5, 5.41) is 5.49. The van der Waals surface area contributed by atoms with Gasteiger partial charge in [0.25, 0.3) is 0 Å². The summed E-state index contributed by atoms with van der Waals surface area (Å²) in [6.45, 7) is 10.1. The lowest BCUT2D eigenvalue weighted by Crippen LogP contribution is -2.53. The van der Waals surface area contributed by atoms with E-state index in [1.807, 2.05) is 51.7 Å². The number of nitrogens with zero attached hydrogens (tertiary/aromatic N) is 1. The fourth-order valence-electron chi connectivity index (χ4n) is 4.23. The summed E-state index contributed by atoms with van der Waals surface area (Å²) >= 11 is 0. The number of alkyl carbamates (subject to hydrolysis) is 1. The van der Waals surface area contributed by atoms with Crippen LogP contribution >= 0.6 is 7.92 Å². The molecule has 0 spiro atoms. The lowest BCUT2D eigenvalue weighted by atomic mass is 10.0. The third kappa shape index (κ3) is 7.04. The van der Waals surface area contributed by atoms with Gasteiger partial charge in [0, 0.05) is 12.6 Å². The minimum Gasteiger partial charge on any atom is -0.444 e. The Morgan fingerprint density at radius 2 is 1.58 bits per heavy atom. The van der Waals surface area contributed by atoms with Crippen LogP contribution in [0.25, 0.3) is 0 Å². The molecule has 0 radical (unpaired) electrons. The molecule has 0 aliphatic carbocycles. The number of benzene rings is 2. The van der Waals surface area contributed by atoms with Crippen molar-refractivity contribution in [2.75, 3.05) is 12.7 Å². The van der Waals surface area contributed by atoms with Gasteiger partial charge in [-0.15, -0.1) is 0 Å². The molecule has 178 valence electrons. The summed E-state index contributed by atoms with van der Waals surface area (Å²) in [5.74, 6) is -0.0366. The van der Waals surface area contributed by atoms with Crippen molar-refractivity contribution in [2.45, 2.75) is 65.1 Å². The molecule has 1 aliphatic heterocycles. The van der Waals surface area contributed by atoms with Crippen LogP contribution in [0.15, 0.2) is 60.7 Å². The molecule has 5 nitrogen and oxygen atoms in total. The second-order valence-electron chi connectivity index (χ2n) is 9.98. The molecule has 1 heterocycles. The van der Waals surface area contributed by atoms with Gasteiger partial charge in [-0.1, -0.05) is 74.5 Å². The number of carbonyl (C=O) groups is 2. The van der Waals surface area contributed by atoms with Crippen LogP contribution in [0.5, 0.6) is 0 Å². The molecule has 0 aromatic heterocycles. The molecular weight excluding hydrogens is 431 g/mol. The van der Waals surface area contributed by atoms with E-state index in [0.29, 0.717) is 0 Å². The molecule has 1 saturated heterocycles. The lowest BCUT2D eigenvalue weighted by molar-refractivity contribution is -0.135. The van der Waals surface area contributed by atoms with Gasteiger partial charge in [0.15, 0.2) is 0 Å². The normalized spacial score (nSPS) is 17.3. The number of nitrogens with one attached hydrogen (secondary N) is 1. The number of amides is 2. The summed E-state index contributed by atoms with van der Waals surface area (Å²) in [6, 6.07) is 20.8. The lowest BCUT2D eigenvalue weighted by Gasteiger charge is -2.33. The van der Waals surface area contributed by atoms with Crippen LogP contribution in [0, 0.1) is 5.92 Å². The first kappa shape index (κ1) is 25.2. The van der Waals surface area contributed by atoms with Gasteiger partial charge in [0.05, 0.1) is 0 Å². The third-order valence-corrected chi connectivity index (χ3v) is 8.42. The second-order valence-corrected chi connectivity index (χ2v) is 12.2. The SMILES string of the molecule is CC(C)[C@H](NC(=O)OC(C)(C)C)C(=O)N1CCC[C@H]1CP(c1ccccc1)c1ccccc1. The van der Waals surface area contributed by atoms with Gasteiger partial charge in [-0.05, 0) is 64.2 Å². The standard InChI is InChI=1S/C27H37N2O3P/c1-20(2)24(28-26(31)32-27(3,4)5)25(30)29-18-12-13-21(29)19-33(22-14-8-6-9-15-22)23-16-10-7-11-17-23/h6-11,14-17,20-21,24H,12-13,18-19H2,1-5H3,(H,28,31)/t21-,24-/m0/s1. The minimum absolute atomic E-state index is 0.00516. The Morgan fingerprint density at radius 3 is 2.06 bits per heavy atom. The Morgan fingerprint density at radius 1 is 1.03 bits per heavy atom. The van der Waals surface area contributed by atoms with Gasteiger partial charge in [-0.25, -0.2) is 4.79 Å². The van der Waals surface area contributed by atoms with E-state index < -0.39 is 25.7 Å². The topological polar surface area (TPSA) is 58.6 Å². The van der Waals surface area contributed by atoms with Crippen LogP contribution in [0.4, 0.5) is 4.79 Å². The van der Waals surface area contributed by atoms with Crippen molar-refractivity contribution in [2.24, 2.45) is 5.92 Å². The summed E-state index contributed by atoms with van der Waals surface area (Å²) in [6.07, 6.45) is 2.36. The van der Waals surface area contributed by atoms with Gasteiger partial charge in [0.1, 0.15) is 11.6 Å². The molecule has 2 atom stereocenters. The van der Waals surface area contributed by atoms with Crippen molar-refractivity contribution in [3.63, 3.8) is 0 Å². The van der Waals surface area contributed by atoms with Gasteiger partial charge in [0.2, 0.25) is 5.91 Å². The Balaban J connectivity index is 1.79. The van der Waals surface area contributed by atoms with Crippen LogP contribution in [-0.2, 0) is 9.53 Å². The first-order chi connectivity index (χ1) is 15.7. The maximum Gasteiger partial charge on any atom is 0.408 e. The fraction of sp³-hybridized carbons (Fsp3) is 0.481. The van der Waals surface area contributed by atoms with Crippen molar-refractivity contribution in [1.29, 1.82) is 0 Å². The molecule has 33 heavy (non-hydrogen) atoms. The van der Waals surface area contributed by atoms with Crippen molar-refractivity contribution in [3.05, 3.63) is 60.7 Å². The monoisotopic (exact) mass is 468 g/mol. The van der Waals surface area contributed by atoms with E-state index in [4.69, 9.17) is 4.74 Å². The molecule has 2 amide bonds. The maximum atomic E-state index is 13.6. The van der Waals surface area contributed by atoms with E-state index in [1.54, 1.807) is 0 Å². The minimum atomic E-state index is -0.605. The van der Waals surface area contributed by atoms with E-state index in [1.165, 1.54) is 10.6 Å². The van der Waals surface area contributed by atoms with Gasteiger partial charge < -0.3 is 15.0 Å². The Bertz CT molecular complexity index is 872. The largest absolute Gasteiger partial charge is 0.444 e. The molecule has 3 rings (SSSR count). The average molecular weight is 469 g/mol. The quantitative estimate of drug-likeness (QED) is 0.602. The molecule has 1 fully saturated rings. The fourth-order valence-corrected chi connectivity index (χ4v) is 6.81. The number of likely N-dealkylation sites (tertiary alicyclic amines) is 1. The molecule has 2 aromatic carbocycles. The maximum absolute atomic E-state index is 13.6.